The van der Waals surface area contributed by atoms with E-state index in [1.54, 1.807) is 5.57 Å². The van der Waals surface area contributed by atoms with Gasteiger partial charge in [-0.3, -0.25) is 4.79 Å². The summed E-state index contributed by atoms with van der Waals surface area (Å²) in [6.45, 7) is 13.2. The minimum Gasteiger partial charge on any atom is -0.481 e. The molecule has 0 bridgehead atoms. The molecule has 188 valence electrons. The third kappa shape index (κ3) is 4.95. The van der Waals surface area contributed by atoms with Crippen LogP contribution < -0.4 is 5.32 Å². The Morgan fingerprint density at radius 3 is 2.61 bits per heavy atom. The van der Waals surface area contributed by atoms with Crippen LogP contribution in [0.15, 0.2) is 11.6 Å². The number of nitrogens with one attached hydrogen (secondary N) is 1. The second-order valence-corrected chi connectivity index (χ2v) is 13.3. The molecule has 0 aromatic rings. The van der Waals surface area contributed by atoms with Crippen LogP contribution in [0.4, 0.5) is 0 Å². The van der Waals surface area contributed by atoms with Gasteiger partial charge >= 0.3 is 5.97 Å². The molecule has 0 spiro atoms. The van der Waals surface area contributed by atoms with E-state index in [2.05, 4.69) is 46.0 Å². The molecule has 0 aromatic heterocycles. The minimum absolute atomic E-state index is 0.231. The number of carbonyl (C=O) groups is 1. The number of fused-ring (bicyclic) bond motifs is 5. The maximum absolute atomic E-state index is 10.9. The van der Waals surface area contributed by atoms with E-state index in [1.165, 1.54) is 64.2 Å². The number of aliphatic carboxylic acids is 1. The summed E-state index contributed by atoms with van der Waals surface area (Å²) in [5, 5.41) is 12.5. The Bertz CT molecular complexity index is 729. The van der Waals surface area contributed by atoms with Crippen molar-refractivity contribution in [2.24, 2.45) is 46.3 Å². The highest BCUT2D eigenvalue weighted by atomic mass is 16.4. The Balaban J connectivity index is 1.41. The average molecular weight is 458 g/mol. The van der Waals surface area contributed by atoms with E-state index >= 15 is 0 Å². The molecule has 4 aliphatic carbocycles. The molecule has 3 saturated carbocycles. The van der Waals surface area contributed by atoms with Gasteiger partial charge in [-0.15, -0.1) is 0 Å². The van der Waals surface area contributed by atoms with Crippen molar-refractivity contribution >= 4 is 5.97 Å². The summed E-state index contributed by atoms with van der Waals surface area (Å²) in [7, 11) is 0. The molecule has 0 heterocycles. The first kappa shape index (κ1) is 25.3. The largest absolute Gasteiger partial charge is 0.481 e. The molecule has 0 radical (unpaired) electrons. The molecule has 0 aliphatic heterocycles. The van der Waals surface area contributed by atoms with E-state index in [-0.39, 0.29) is 6.42 Å². The van der Waals surface area contributed by atoms with Crippen molar-refractivity contribution in [2.45, 2.75) is 118 Å². The van der Waals surface area contributed by atoms with Crippen LogP contribution in [0.1, 0.15) is 112 Å². The zero-order chi connectivity index (χ0) is 23.8. The standard InChI is InChI=1S/C30H51NO2/c1-20(2)7-6-8-21(3)25-11-12-26-24-10-9-22-19-23(31-18-15-28(32)33)13-16-29(22,4)27(24)14-17-30(25,26)5/h9,20-21,23-27,31H,6-8,10-19H2,1-5H3,(H,32,33)/t21-,23+,24+,25-,26+,27+,29+,30-/m1/s1. The maximum atomic E-state index is 10.9. The lowest BCUT2D eigenvalue weighted by Crippen LogP contribution is -2.51. The minimum atomic E-state index is -0.697. The van der Waals surface area contributed by atoms with Crippen LogP contribution in [-0.4, -0.2) is 23.7 Å². The van der Waals surface area contributed by atoms with E-state index in [9.17, 15) is 4.79 Å². The second-order valence-electron chi connectivity index (χ2n) is 13.3. The van der Waals surface area contributed by atoms with Crippen LogP contribution in [0.5, 0.6) is 0 Å². The van der Waals surface area contributed by atoms with Gasteiger partial charge in [0.1, 0.15) is 0 Å². The molecule has 33 heavy (non-hydrogen) atoms. The van der Waals surface area contributed by atoms with Gasteiger partial charge in [0.25, 0.3) is 0 Å². The maximum Gasteiger partial charge on any atom is 0.304 e. The fraction of sp³-hybridized carbons (Fsp3) is 0.900. The Labute approximate surface area is 203 Å². The molecule has 3 fully saturated rings. The second kappa shape index (κ2) is 10.0. The van der Waals surface area contributed by atoms with Crippen LogP contribution in [0.2, 0.25) is 0 Å². The van der Waals surface area contributed by atoms with Crippen molar-refractivity contribution < 1.29 is 9.90 Å². The van der Waals surface area contributed by atoms with Gasteiger partial charge in [0.05, 0.1) is 6.42 Å². The van der Waals surface area contributed by atoms with Crippen LogP contribution >= 0.6 is 0 Å². The predicted molar refractivity (Wildman–Crippen MR) is 137 cm³/mol. The smallest absolute Gasteiger partial charge is 0.304 e. The lowest BCUT2D eigenvalue weighted by molar-refractivity contribution is -0.136. The van der Waals surface area contributed by atoms with Gasteiger partial charge < -0.3 is 10.4 Å². The zero-order valence-corrected chi connectivity index (χ0v) is 22.2. The molecule has 0 saturated heterocycles. The van der Waals surface area contributed by atoms with Crippen molar-refractivity contribution in [3.63, 3.8) is 0 Å². The van der Waals surface area contributed by atoms with Crippen LogP contribution in [0.25, 0.3) is 0 Å². The van der Waals surface area contributed by atoms with E-state index in [4.69, 9.17) is 5.11 Å². The highest BCUT2D eigenvalue weighted by Crippen LogP contribution is 2.67. The molecule has 0 unspecified atom stereocenters. The van der Waals surface area contributed by atoms with Gasteiger partial charge in [0.2, 0.25) is 0 Å². The van der Waals surface area contributed by atoms with Gasteiger partial charge in [0, 0.05) is 12.6 Å². The SMILES string of the molecule is CC(C)CCC[C@@H](C)[C@H]1CC[C@H]2[C@@H]3CC=C4C[C@@H](NCCC(=O)O)CC[C@]4(C)[C@H]3CC[C@]12C. The summed E-state index contributed by atoms with van der Waals surface area (Å²) in [5.74, 6) is 4.64. The first-order chi connectivity index (χ1) is 15.6. The van der Waals surface area contributed by atoms with Gasteiger partial charge in [0.15, 0.2) is 0 Å². The van der Waals surface area contributed by atoms with Crippen molar-refractivity contribution in [3.8, 4) is 0 Å². The molecular weight excluding hydrogens is 406 g/mol. The van der Waals surface area contributed by atoms with Crippen molar-refractivity contribution in [1.82, 2.24) is 5.32 Å². The molecule has 3 nitrogen and oxygen atoms in total. The molecule has 8 atom stereocenters. The number of allylic oxidation sites excluding steroid dienone is 1. The summed E-state index contributed by atoms with van der Waals surface area (Å²) < 4.78 is 0. The molecule has 0 aromatic carbocycles. The summed E-state index contributed by atoms with van der Waals surface area (Å²) in [6.07, 6.45) is 17.8. The third-order valence-electron chi connectivity index (χ3n) is 11.1. The predicted octanol–water partition coefficient (Wildman–Crippen LogP) is 7.46. The van der Waals surface area contributed by atoms with Gasteiger partial charge in [-0.2, -0.15) is 0 Å². The zero-order valence-electron chi connectivity index (χ0n) is 22.2. The summed E-state index contributed by atoms with van der Waals surface area (Å²) in [4.78, 5) is 10.9. The van der Waals surface area contributed by atoms with Crippen molar-refractivity contribution in [2.75, 3.05) is 6.54 Å². The lowest BCUT2D eigenvalue weighted by Gasteiger charge is -2.58. The van der Waals surface area contributed by atoms with Crippen LogP contribution in [-0.2, 0) is 4.79 Å². The van der Waals surface area contributed by atoms with E-state index in [0.29, 0.717) is 23.4 Å². The summed E-state index contributed by atoms with van der Waals surface area (Å²) in [6, 6.07) is 0.469. The molecule has 4 aliphatic rings. The van der Waals surface area contributed by atoms with Gasteiger partial charge in [-0.05, 0) is 97.7 Å². The number of hydrogen-bond acceptors (Lipinski definition) is 2. The number of hydrogen-bond donors (Lipinski definition) is 2. The van der Waals surface area contributed by atoms with E-state index < -0.39 is 5.97 Å². The Morgan fingerprint density at radius 2 is 1.88 bits per heavy atom. The normalized spacial score (nSPS) is 41.2. The topological polar surface area (TPSA) is 49.3 Å². The third-order valence-corrected chi connectivity index (χ3v) is 11.1. The first-order valence-corrected chi connectivity index (χ1v) is 14.3. The number of rotatable bonds is 9. The summed E-state index contributed by atoms with van der Waals surface area (Å²) in [5.41, 5.74) is 2.65. The lowest BCUT2D eigenvalue weighted by atomic mass is 9.47. The molecule has 2 N–H and O–H groups in total. The number of carboxylic acids is 1. The van der Waals surface area contributed by atoms with Gasteiger partial charge in [-0.25, -0.2) is 0 Å². The fourth-order valence-electron chi connectivity index (χ4n) is 9.24. The molecule has 3 heteroatoms. The average Bonchev–Trinajstić information content (AvgIpc) is 3.10. The fourth-order valence-corrected chi connectivity index (χ4v) is 9.24. The Hall–Kier alpha value is -0.830. The highest BCUT2D eigenvalue weighted by Gasteiger charge is 2.59. The highest BCUT2D eigenvalue weighted by molar-refractivity contribution is 5.66. The Kier molecular flexibility index (Phi) is 7.68. The van der Waals surface area contributed by atoms with Crippen molar-refractivity contribution in [3.05, 3.63) is 11.6 Å². The quantitative estimate of drug-likeness (QED) is 0.353. The van der Waals surface area contributed by atoms with Crippen LogP contribution in [0.3, 0.4) is 0 Å². The van der Waals surface area contributed by atoms with E-state index in [0.717, 1.165) is 41.9 Å². The van der Waals surface area contributed by atoms with Crippen molar-refractivity contribution in [1.29, 1.82) is 0 Å². The molecular formula is C30H51NO2. The molecule has 0 amide bonds. The Morgan fingerprint density at radius 1 is 1.09 bits per heavy atom. The first-order valence-electron chi connectivity index (χ1n) is 14.3. The number of carboxylic acid groups (broad SMARTS) is 1. The van der Waals surface area contributed by atoms with E-state index in [1.807, 2.05) is 0 Å². The van der Waals surface area contributed by atoms with Gasteiger partial charge in [-0.1, -0.05) is 65.5 Å². The summed E-state index contributed by atoms with van der Waals surface area (Å²) >= 11 is 0. The monoisotopic (exact) mass is 457 g/mol. The molecule has 4 rings (SSSR count). The van der Waals surface area contributed by atoms with Crippen LogP contribution in [0, 0.1) is 46.3 Å².